The molecule has 1 aliphatic heterocycles. The van der Waals surface area contributed by atoms with Gasteiger partial charge in [0.2, 0.25) is 5.91 Å². The normalized spacial score (nSPS) is 22.8. The molecule has 1 aliphatic carbocycles. The van der Waals surface area contributed by atoms with Crippen LogP contribution in [0.15, 0.2) is 42.7 Å². The second-order valence-electron chi connectivity index (χ2n) is 6.63. The SMILES string of the molecule is O=C(C1CC1c1ccc(F)cc1F)N1CCN(c2ccncc2)CC1. The summed E-state index contributed by atoms with van der Waals surface area (Å²) >= 11 is 0. The predicted octanol–water partition coefficient (Wildman–Crippen LogP) is 2.81. The molecule has 1 aromatic heterocycles. The van der Waals surface area contributed by atoms with Crippen molar-refractivity contribution in [1.82, 2.24) is 9.88 Å². The van der Waals surface area contributed by atoms with Crippen LogP contribution in [0, 0.1) is 17.6 Å². The Morgan fingerprint density at radius 3 is 2.44 bits per heavy atom. The zero-order valence-corrected chi connectivity index (χ0v) is 13.7. The van der Waals surface area contributed by atoms with Gasteiger partial charge >= 0.3 is 0 Å². The van der Waals surface area contributed by atoms with Crippen LogP contribution in [-0.4, -0.2) is 42.0 Å². The zero-order chi connectivity index (χ0) is 17.4. The van der Waals surface area contributed by atoms with Crippen molar-refractivity contribution in [2.45, 2.75) is 12.3 Å². The number of halogens is 2. The summed E-state index contributed by atoms with van der Waals surface area (Å²) in [6, 6.07) is 7.54. The molecule has 4 nitrogen and oxygen atoms in total. The van der Waals surface area contributed by atoms with E-state index < -0.39 is 11.6 Å². The molecule has 2 fully saturated rings. The highest BCUT2D eigenvalue weighted by molar-refractivity contribution is 5.83. The van der Waals surface area contributed by atoms with Crippen molar-refractivity contribution in [1.29, 1.82) is 0 Å². The Morgan fingerprint density at radius 2 is 1.76 bits per heavy atom. The average molecular weight is 343 g/mol. The first kappa shape index (κ1) is 16.0. The first-order chi connectivity index (χ1) is 12.1. The number of nitrogens with zero attached hydrogens (tertiary/aromatic N) is 3. The third-order valence-corrected chi connectivity index (χ3v) is 5.09. The van der Waals surface area contributed by atoms with Gasteiger partial charge in [-0.05, 0) is 36.1 Å². The lowest BCUT2D eigenvalue weighted by atomic mass is 10.1. The van der Waals surface area contributed by atoms with E-state index in [9.17, 15) is 13.6 Å². The monoisotopic (exact) mass is 343 g/mol. The van der Waals surface area contributed by atoms with Gasteiger partial charge in [-0.2, -0.15) is 0 Å². The van der Waals surface area contributed by atoms with Crippen molar-refractivity contribution in [3.8, 4) is 0 Å². The first-order valence-corrected chi connectivity index (χ1v) is 8.52. The number of piperazine rings is 1. The van der Waals surface area contributed by atoms with Gasteiger partial charge in [0.25, 0.3) is 0 Å². The van der Waals surface area contributed by atoms with E-state index in [0.717, 1.165) is 24.8 Å². The Balaban J connectivity index is 1.36. The van der Waals surface area contributed by atoms with Crippen molar-refractivity contribution in [2.75, 3.05) is 31.1 Å². The maximum Gasteiger partial charge on any atom is 0.226 e. The molecule has 0 radical (unpaired) electrons. The molecule has 1 aromatic carbocycles. The van der Waals surface area contributed by atoms with Crippen molar-refractivity contribution >= 4 is 11.6 Å². The van der Waals surface area contributed by atoms with Crippen LogP contribution in [-0.2, 0) is 4.79 Å². The van der Waals surface area contributed by atoms with E-state index in [-0.39, 0.29) is 17.7 Å². The van der Waals surface area contributed by atoms with Gasteiger partial charge in [0.1, 0.15) is 11.6 Å². The Bertz CT molecular complexity index is 775. The fraction of sp³-hybridized carbons (Fsp3) is 0.368. The van der Waals surface area contributed by atoms with Crippen molar-refractivity contribution in [2.24, 2.45) is 5.92 Å². The Hall–Kier alpha value is -2.50. The summed E-state index contributed by atoms with van der Waals surface area (Å²) in [6.07, 6.45) is 4.17. The van der Waals surface area contributed by atoms with Gasteiger partial charge < -0.3 is 9.80 Å². The summed E-state index contributed by atoms with van der Waals surface area (Å²) in [5.41, 5.74) is 1.56. The standard InChI is InChI=1S/C19H19F2N3O/c20-13-1-2-15(18(21)11-13)16-12-17(16)19(25)24-9-7-23(8-10-24)14-3-5-22-6-4-14/h1-6,11,16-17H,7-10,12H2. The minimum absolute atomic E-state index is 0.0862. The van der Waals surface area contributed by atoms with E-state index >= 15 is 0 Å². The number of hydrogen-bond donors (Lipinski definition) is 0. The number of anilines is 1. The fourth-order valence-corrected chi connectivity index (χ4v) is 3.59. The Kier molecular flexibility index (Phi) is 4.11. The summed E-state index contributed by atoms with van der Waals surface area (Å²) < 4.78 is 26.9. The number of benzene rings is 1. The average Bonchev–Trinajstić information content (AvgIpc) is 3.42. The summed E-state index contributed by atoms with van der Waals surface area (Å²) in [6.45, 7) is 2.88. The van der Waals surface area contributed by atoms with Gasteiger partial charge in [-0.25, -0.2) is 8.78 Å². The molecule has 1 saturated heterocycles. The first-order valence-electron chi connectivity index (χ1n) is 8.52. The molecule has 2 unspecified atom stereocenters. The van der Waals surface area contributed by atoms with E-state index in [1.54, 1.807) is 12.4 Å². The molecule has 2 atom stereocenters. The molecule has 25 heavy (non-hydrogen) atoms. The van der Waals surface area contributed by atoms with Crippen LogP contribution in [0.1, 0.15) is 17.9 Å². The molecule has 2 heterocycles. The number of amides is 1. The molecule has 130 valence electrons. The van der Waals surface area contributed by atoms with Crippen molar-refractivity contribution < 1.29 is 13.6 Å². The number of pyridine rings is 1. The van der Waals surface area contributed by atoms with Crippen LogP contribution in [0.4, 0.5) is 14.5 Å². The molecule has 1 amide bonds. The molecular formula is C19H19F2N3O. The van der Waals surface area contributed by atoms with Crippen LogP contribution < -0.4 is 4.90 Å². The number of hydrogen-bond acceptors (Lipinski definition) is 3. The van der Waals surface area contributed by atoms with Crippen LogP contribution in [0.5, 0.6) is 0 Å². The third-order valence-electron chi connectivity index (χ3n) is 5.09. The number of aromatic nitrogens is 1. The minimum Gasteiger partial charge on any atom is -0.368 e. The molecule has 1 saturated carbocycles. The molecule has 2 aromatic rings. The number of carbonyl (C=O) groups is 1. The van der Waals surface area contributed by atoms with E-state index in [4.69, 9.17) is 0 Å². The second kappa shape index (κ2) is 6.43. The van der Waals surface area contributed by atoms with E-state index in [1.807, 2.05) is 17.0 Å². The Labute approximate surface area is 145 Å². The quantitative estimate of drug-likeness (QED) is 0.860. The molecule has 0 bridgehead atoms. The van der Waals surface area contributed by atoms with Gasteiger partial charge in [0, 0.05) is 56.2 Å². The van der Waals surface area contributed by atoms with Gasteiger partial charge in [-0.15, -0.1) is 0 Å². The lowest BCUT2D eigenvalue weighted by Crippen LogP contribution is -2.49. The highest BCUT2D eigenvalue weighted by atomic mass is 19.1. The molecule has 6 heteroatoms. The molecule has 2 aliphatic rings. The van der Waals surface area contributed by atoms with E-state index in [2.05, 4.69) is 9.88 Å². The maximum absolute atomic E-state index is 13.9. The van der Waals surface area contributed by atoms with E-state index in [0.29, 0.717) is 25.1 Å². The van der Waals surface area contributed by atoms with Crippen LogP contribution in [0.3, 0.4) is 0 Å². The largest absolute Gasteiger partial charge is 0.368 e. The van der Waals surface area contributed by atoms with Gasteiger partial charge in [-0.1, -0.05) is 6.07 Å². The van der Waals surface area contributed by atoms with E-state index in [1.165, 1.54) is 12.1 Å². The smallest absolute Gasteiger partial charge is 0.226 e. The van der Waals surface area contributed by atoms with Gasteiger partial charge in [-0.3, -0.25) is 9.78 Å². The summed E-state index contributed by atoms with van der Waals surface area (Å²) in [4.78, 5) is 20.8. The lowest BCUT2D eigenvalue weighted by molar-refractivity contribution is -0.132. The second-order valence-corrected chi connectivity index (χ2v) is 6.63. The molecule has 0 spiro atoms. The highest BCUT2D eigenvalue weighted by Gasteiger charge is 2.47. The Morgan fingerprint density at radius 1 is 1.04 bits per heavy atom. The number of rotatable bonds is 3. The predicted molar refractivity (Wildman–Crippen MR) is 90.2 cm³/mol. The van der Waals surface area contributed by atoms with Crippen molar-refractivity contribution in [3.63, 3.8) is 0 Å². The zero-order valence-electron chi connectivity index (χ0n) is 13.7. The van der Waals surface area contributed by atoms with Crippen LogP contribution >= 0.6 is 0 Å². The topological polar surface area (TPSA) is 36.4 Å². The molecule has 0 N–H and O–H groups in total. The highest BCUT2D eigenvalue weighted by Crippen LogP contribution is 2.49. The fourth-order valence-electron chi connectivity index (χ4n) is 3.59. The third kappa shape index (κ3) is 3.21. The minimum atomic E-state index is -0.586. The lowest BCUT2D eigenvalue weighted by Gasteiger charge is -2.36. The summed E-state index contributed by atoms with van der Waals surface area (Å²) in [5, 5.41) is 0. The van der Waals surface area contributed by atoms with Crippen LogP contribution in [0.25, 0.3) is 0 Å². The molecule has 4 rings (SSSR count). The number of carbonyl (C=O) groups excluding carboxylic acids is 1. The molecular weight excluding hydrogens is 324 g/mol. The maximum atomic E-state index is 13.9. The van der Waals surface area contributed by atoms with Gasteiger partial charge in [0.05, 0.1) is 0 Å². The van der Waals surface area contributed by atoms with Crippen LogP contribution in [0.2, 0.25) is 0 Å². The summed E-state index contributed by atoms with van der Waals surface area (Å²) in [7, 11) is 0. The van der Waals surface area contributed by atoms with Crippen molar-refractivity contribution in [3.05, 3.63) is 59.9 Å². The summed E-state index contributed by atoms with van der Waals surface area (Å²) in [5.74, 6) is -1.35. The van der Waals surface area contributed by atoms with Gasteiger partial charge in [0.15, 0.2) is 0 Å².